The molecule has 12 heteroatoms. The van der Waals surface area contributed by atoms with Crippen LogP contribution in [0.3, 0.4) is 0 Å². The first-order valence-corrected chi connectivity index (χ1v) is 13.7. The molecule has 1 heterocycles. The molecule has 192 valence electrons. The fraction of sp³-hybridized carbons (Fsp3) is 0.120. The Hall–Kier alpha value is -3.05. The van der Waals surface area contributed by atoms with Gasteiger partial charge in [0.15, 0.2) is 5.75 Å². The molecule has 1 fully saturated rings. The summed E-state index contributed by atoms with van der Waals surface area (Å²) in [7, 11) is -4.26. The van der Waals surface area contributed by atoms with Crippen LogP contribution in [0.15, 0.2) is 70.5 Å². The SMILES string of the molecule is CCOc1cc(/C=C2\SC(=O)N(Cc3ccc(F)cc3)C2=O)cc(Cl)c1OS(=O)(=O)c1ccc(Cl)cc1. The van der Waals surface area contributed by atoms with E-state index in [0.717, 1.165) is 16.7 Å². The van der Waals surface area contributed by atoms with Crippen LogP contribution in [0.2, 0.25) is 10.0 Å². The van der Waals surface area contributed by atoms with Crippen LogP contribution in [0.25, 0.3) is 6.08 Å². The average molecular weight is 582 g/mol. The molecule has 1 aliphatic heterocycles. The second-order valence-corrected chi connectivity index (χ2v) is 11.0. The van der Waals surface area contributed by atoms with Gasteiger partial charge >= 0.3 is 10.1 Å². The number of imide groups is 1. The summed E-state index contributed by atoms with van der Waals surface area (Å²) in [4.78, 5) is 26.4. The Balaban J connectivity index is 1.61. The van der Waals surface area contributed by atoms with Crippen LogP contribution in [-0.4, -0.2) is 31.1 Å². The van der Waals surface area contributed by atoms with Crippen LogP contribution in [0.5, 0.6) is 11.5 Å². The van der Waals surface area contributed by atoms with Crippen molar-refractivity contribution in [3.63, 3.8) is 0 Å². The fourth-order valence-electron chi connectivity index (χ4n) is 3.33. The highest BCUT2D eigenvalue weighted by atomic mass is 35.5. The summed E-state index contributed by atoms with van der Waals surface area (Å²) in [5.41, 5.74) is 0.979. The van der Waals surface area contributed by atoms with E-state index >= 15 is 0 Å². The zero-order valence-electron chi connectivity index (χ0n) is 19.1. The first-order chi connectivity index (χ1) is 17.6. The normalized spacial score (nSPS) is 14.9. The molecule has 0 saturated carbocycles. The van der Waals surface area contributed by atoms with Gasteiger partial charge < -0.3 is 8.92 Å². The summed E-state index contributed by atoms with van der Waals surface area (Å²) in [5.74, 6) is -1.14. The van der Waals surface area contributed by atoms with Crippen LogP contribution in [0, 0.1) is 5.82 Å². The number of nitrogens with zero attached hydrogens (tertiary/aromatic N) is 1. The maximum Gasteiger partial charge on any atom is 0.339 e. The van der Waals surface area contributed by atoms with Crippen molar-refractivity contribution < 1.29 is 31.3 Å². The van der Waals surface area contributed by atoms with Gasteiger partial charge in [-0.3, -0.25) is 14.5 Å². The Labute approximate surface area is 226 Å². The average Bonchev–Trinajstić information content (AvgIpc) is 3.10. The Morgan fingerprint density at radius 1 is 1.03 bits per heavy atom. The van der Waals surface area contributed by atoms with Gasteiger partial charge in [-0.1, -0.05) is 35.3 Å². The first kappa shape index (κ1) is 27.0. The zero-order valence-corrected chi connectivity index (χ0v) is 22.3. The van der Waals surface area contributed by atoms with Crippen molar-refractivity contribution in [3.8, 4) is 11.5 Å². The lowest BCUT2D eigenvalue weighted by Crippen LogP contribution is -2.27. The summed E-state index contributed by atoms with van der Waals surface area (Å²) >= 11 is 12.9. The Morgan fingerprint density at radius 2 is 1.70 bits per heavy atom. The molecule has 1 saturated heterocycles. The topological polar surface area (TPSA) is 90.0 Å². The van der Waals surface area contributed by atoms with E-state index in [0.29, 0.717) is 16.1 Å². The van der Waals surface area contributed by atoms with Crippen molar-refractivity contribution in [2.75, 3.05) is 6.61 Å². The van der Waals surface area contributed by atoms with Crippen LogP contribution in [0.4, 0.5) is 9.18 Å². The maximum absolute atomic E-state index is 13.2. The van der Waals surface area contributed by atoms with E-state index in [4.69, 9.17) is 32.1 Å². The molecule has 3 aromatic carbocycles. The quantitative estimate of drug-likeness (QED) is 0.220. The number of amides is 2. The smallest absolute Gasteiger partial charge is 0.339 e. The van der Waals surface area contributed by atoms with Gasteiger partial charge in [-0.25, -0.2) is 4.39 Å². The predicted molar refractivity (Wildman–Crippen MR) is 140 cm³/mol. The summed E-state index contributed by atoms with van der Waals surface area (Å²) < 4.78 is 49.5. The molecule has 2 amide bonds. The lowest BCUT2D eigenvalue weighted by molar-refractivity contribution is -0.123. The predicted octanol–water partition coefficient (Wildman–Crippen LogP) is 6.54. The highest BCUT2D eigenvalue weighted by Gasteiger charge is 2.35. The third kappa shape index (κ3) is 6.27. The number of thioether (sulfide) groups is 1. The zero-order chi connectivity index (χ0) is 26.7. The van der Waals surface area contributed by atoms with E-state index in [1.807, 2.05) is 0 Å². The minimum absolute atomic E-state index is 0.0113. The molecular formula is C25H18Cl2FNO6S2. The summed E-state index contributed by atoms with van der Waals surface area (Å²) in [5, 5.41) is -0.204. The van der Waals surface area contributed by atoms with Crippen molar-refractivity contribution >= 4 is 62.3 Å². The van der Waals surface area contributed by atoms with Crippen LogP contribution in [-0.2, 0) is 21.5 Å². The third-order valence-corrected chi connectivity index (χ3v) is 7.73. The highest BCUT2D eigenvalue weighted by Crippen LogP contribution is 2.40. The standard InChI is InChI=1S/C25H18Cl2FNO6S2/c1-2-34-21-12-16(11-20(27)23(21)35-37(32,33)19-9-5-17(26)6-10-19)13-22-24(30)29(25(31)36-22)14-15-3-7-18(28)8-4-15/h3-13H,2,14H2,1H3/b22-13-. The lowest BCUT2D eigenvalue weighted by atomic mass is 10.1. The Morgan fingerprint density at radius 3 is 2.35 bits per heavy atom. The number of ether oxygens (including phenoxy) is 1. The molecule has 0 aromatic heterocycles. The molecular weight excluding hydrogens is 564 g/mol. The number of benzene rings is 3. The van der Waals surface area contributed by atoms with Gasteiger partial charge in [0.25, 0.3) is 11.1 Å². The van der Waals surface area contributed by atoms with Gasteiger partial charge in [-0.05, 0) is 84.4 Å². The van der Waals surface area contributed by atoms with Gasteiger partial charge in [-0.15, -0.1) is 0 Å². The fourth-order valence-corrected chi connectivity index (χ4v) is 5.56. The number of halogens is 3. The van der Waals surface area contributed by atoms with Crippen LogP contribution in [0.1, 0.15) is 18.1 Å². The number of carbonyl (C=O) groups is 2. The molecule has 0 N–H and O–H groups in total. The van der Waals surface area contributed by atoms with E-state index in [-0.39, 0.29) is 39.5 Å². The van der Waals surface area contributed by atoms with E-state index in [1.165, 1.54) is 66.7 Å². The van der Waals surface area contributed by atoms with E-state index < -0.39 is 27.1 Å². The monoisotopic (exact) mass is 581 g/mol. The van der Waals surface area contributed by atoms with Crippen LogP contribution >= 0.6 is 35.0 Å². The van der Waals surface area contributed by atoms with E-state index in [1.54, 1.807) is 6.92 Å². The third-order valence-electron chi connectivity index (χ3n) is 5.05. The molecule has 0 radical (unpaired) electrons. The maximum atomic E-state index is 13.2. The molecule has 0 aliphatic carbocycles. The van der Waals surface area contributed by atoms with Gasteiger partial charge in [0.1, 0.15) is 10.7 Å². The Kier molecular flexibility index (Phi) is 8.13. The summed E-state index contributed by atoms with van der Waals surface area (Å²) in [6, 6.07) is 13.7. The minimum atomic E-state index is -4.26. The summed E-state index contributed by atoms with van der Waals surface area (Å²) in [6.07, 6.45) is 1.45. The molecule has 0 unspecified atom stereocenters. The second-order valence-electron chi connectivity index (χ2n) is 7.65. The van der Waals surface area contributed by atoms with Crippen molar-refractivity contribution in [2.24, 2.45) is 0 Å². The first-order valence-electron chi connectivity index (χ1n) is 10.7. The van der Waals surface area contributed by atoms with E-state index in [2.05, 4.69) is 0 Å². The second kappa shape index (κ2) is 11.1. The van der Waals surface area contributed by atoms with Gasteiger partial charge in [0, 0.05) is 5.02 Å². The molecule has 1 aliphatic rings. The summed E-state index contributed by atoms with van der Waals surface area (Å²) in [6.45, 7) is 1.85. The molecule has 4 rings (SSSR count). The lowest BCUT2D eigenvalue weighted by Gasteiger charge is -2.14. The van der Waals surface area contributed by atoms with Gasteiger partial charge in [0.2, 0.25) is 5.75 Å². The number of hydrogen-bond donors (Lipinski definition) is 0. The van der Waals surface area contributed by atoms with Crippen molar-refractivity contribution in [3.05, 3.63) is 92.6 Å². The molecule has 3 aromatic rings. The number of carbonyl (C=O) groups excluding carboxylic acids is 2. The number of rotatable bonds is 8. The highest BCUT2D eigenvalue weighted by molar-refractivity contribution is 8.18. The van der Waals surface area contributed by atoms with Gasteiger partial charge in [-0.2, -0.15) is 8.42 Å². The van der Waals surface area contributed by atoms with Crippen LogP contribution < -0.4 is 8.92 Å². The number of hydrogen-bond acceptors (Lipinski definition) is 7. The molecule has 0 bridgehead atoms. The van der Waals surface area contributed by atoms with Gasteiger partial charge in [0.05, 0.1) is 23.1 Å². The molecule has 37 heavy (non-hydrogen) atoms. The minimum Gasteiger partial charge on any atom is -0.490 e. The van der Waals surface area contributed by atoms with E-state index in [9.17, 15) is 22.4 Å². The van der Waals surface area contributed by atoms with Crippen molar-refractivity contribution in [2.45, 2.75) is 18.4 Å². The Bertz CT molecular complexity index is 1490. The molecule has 0 atom stereocenters. The molecule has 0 spiro atoms. The van der Waals surface area contributed by atoms with Crippen molar-refractivity contribution in [1.82, 2.24) is 4.90 Å². The largest absolute Gasteiger partial charge is 0.490 e. The molecule has 7 nitrogen and oxygen atoms in total. The van der Waals surface area contributed by atoms with Crippen molar-refractivity contribution in [1.29, 1.82) is 0 Å².